The zero-order chi connectivity index (χ0) is 27.0. The number of anilines is 3. The minimum atomic E-state index is -1.07. The van der Waals surface area contributed by atoms with E-state index in [1.807, 2.05) is 26.8 Å². The smallest absolute Gasteiger partial charge is 0.162 e. The molecule has 2 aromatic heterocycles. The van der Waals surface area contributed by atoms with Gasteiger partial charge in [-0.15, -0.1) is 0 Å². The molecule has 2 fully saturated rings. The molecular formula is C29H40N6O2S. The van der Waals surface area contributed by atoms with Crippen LogP contribution < -0.4 is 15.5 Å². The molecule has 0 spiro atoms. The second-order valence-corrected chi connectivity index (χ2v) is 13.3. The first kappa shape index (κ1) is 27.0. The van der Waals surface area contributed by atoms with Gasteiger partial charge in [-0.2, -0.15) is 0 Å². The van der Waals surface area contributed by atoms with Crippen molar-refractivity contribution in [2.24, 2.45) is 5.92 Å². The number of fused-ring (bicyclic) bond motifs is 1. The van der Waals surface area contributed by atoms with E-state index in [4.69, 9.17) is 9.97 Å². The normalized spacial score (nSPS) is 24.6. The molecule has 5 rings (SSSR count). The lowest BCUT2D eigenvalue weighted by Crippen LogP contribution is -2.51. The predicted molar refractivity (Wildman–Crippen MR) is 156 cm³/mol. The van der Waals surface area contributed by atoms with Gasteiger partial charge in [0.15, 0.2) is 5.82 Å². The minimum Gasteiger partial charge on any atom is -0.381 e. The lowest BCUT2D eigenvalue weighted by Gasteiger charge is -2.43. The Morgan fingerprint density at radius 1 is 1.18 bits per heavy atom. The predicted octanol–water partition coefficient (Wildman–Crippen LogP) is 4.44. The summed E-state index contributed by atoms with van der Waals surface area (Å²) in [6.45, 7) is 12.8. The standard InChI is InChI=1S/C29H40N6O2S/c1-18(2)25-22-8-6-7-9-23(22)27(35-15-11-21(35)17-38(37)19(3)4)34-26(25)32-24-10-13-31-28(33-24)29(36)12-14-30-16-20(29)5/h6-10,13,18-21,30,36H,11-12,14-17H2,1-5H3,(H,31,32,33,34)/t20?,21-,29?,38?/m0/s1. The first-order chi connectivity index (χ1) is 18.2. The molecule has 3 N–H and O–H groups in total. The number of nitrogens with one attached hydrogen (secondary N) is 2. The Morgan fingerprint density at radius 2 is 1.95 bits per heavy atom. The van der Waals surface area contributed by atoms with Gasteiger partial charge in [0.05, 0.1) is 0 Å². The Labute approximate surface area is 228 Å². The van der Waals surface area contributed by atoms with Crippen molar-refractivity contribution in [3.63, 3.8) is 0 Å². The maximum atomic E-state index is 12.7. The van der Waals surface area contributed by atoms with Crippen LogP contribution in [-0.4, -0.2) is 60.9 Å². The number of piperidine rings is 1. The van der Waals surface area contributed by atoms with Gasteiger partial charge < -0.3 is 20.6 Å². The molecule has 8 nitrogen and oxygen atoms in total. The van der Waals surface area contributed by atoms with Crippen LogP contribution in [0.15, 0.2) is 36.5 Å². The van der Waals surface area contributed by atoms with Crippen molar-refractivity contribution < 1.29 is 9.32 Å². The molecule has 0 saturated carbocycles. The molecule has 0 amide bonds. The number of benzene rings is 1. The van der Waals surface area contributed by atoms with Crippen molar-refractivity contribution in [2.75, 3.05) is 35.6 Å². The summed E-state index contributed by atoms with van der Waals surface area (Å²) in [7, 11) is -0.870. The largest absolute Gasteiger partial charge is 0.381 e. The number of aromatic nitrogens is 3. The maximum absolute atomic E-state index is 12.7. The molecule has 3 aromatic rings. The number of nitrogens with zero attached hydrogens (tertiary/aromatic N) is 4. The zero-order valence-electron chi connectivity index (χ0n) is 23.1. The molecule has 1 aromatic carbocycles. The summed E-state index contributed by atoms with van der Waals surface area (Å²) in [5, 5.41) is 20.7. The molecule has 2 saturated heterocycles. The fourth-order valence-corrected chi connectivity index (χ4v) is 6.65. The van der Waals surface area contributed by atoms with Gasteiger partial charge in [0.2, 0.25) is 0 Å². The number of hydrogen-bond acceptors (Lipinski definition) is 8. The highest BCUT2D eigenvalue weighted by molar-refractivity contribution is 7.85. The van der Waals surface area contributed by atoms with Crippen LogP contribution in [0.5, 0.6) is 0 Å². The van der Waals surface area contributed by atoms with Gasteiger partial charge in [-0.3, -0.25) is 4.21 Å². The fourth-order valence-electron chi connectivity index (χ4n) is 5.54. The van der Waals surface area contributed by atoms with Gasteiger partial charge in [0, 0.05) is 64.0 Å². The lowest BCUT2D eigenvalue weighted by molar-refractivity contribution is -0.0467. The Balaban J connectivity index is 1.55. The van der Waals surface area contributed by atoms with Crippen LogP contribution in [-0.2, 0) is 16.4 Å². The Bertz CT molecular complexity index is 1330. The van der Waals surface area contributed by atoms with E-state index in [0.29, 0.717) is 23.8 Å². The summed E-state index contributed by atoms with van der Waals surface area (Å²) in [5.41, 5.74) is 0.0594. The third kappa shape index (κ3) is 5.03. The Morgan fingerprint density at radius 3 is 2.61 bits per heavy atom. The number of rotatable bonds is 8. The summed E-state index contributed by atoms with van der Waals surface area (Å²) in [5.74, 6) is 3.63. The van der Waals surface area contributed by atoms with Gasteiger partial charge >= 0.3 is 0 Å². The van der Waals surface area contributed by atoms with E-state index >= 15 is 0 Å². The summed E-state index contributed by atoms with van der Waals surface area (Å²) in [4.78, 5) is 16.8. The Hall–Kier alpha value is -2.62. The molecule has 9 heteroatoms. The van der Waals surface area contributed by atoms with Crippen LogP contribution >= 0.6 is 0 Å². The van der Waals surface area contributed by atoms with Crippen LogP contribution in [0.25, 0.3) is 10.8 Å². The molecule has 2 aliphatic heterocycles. The third-order valence-electron chi connectivity index (χ3n) is 8.04. The van der Waals surface area contributed by atoms with Crippen LogP contribution in [0.4, 0.5) is 17.5 Å². The van der Waals surface area contributed by atoms with E-state index in [1.165, 1.54) is 0 Å². The van der Waals surface area contributed by atoms with Crippen molar-refractivity contribution in [2.45, 2.75) is 70.3 Å². The molecule has 38 heavy (non-hydrogen) atoms. The second kappa shape index (κ2) is 10.9. The topological polar surface area (TPSA) is 103 Å². The maximum Gasteiger partial charge on any atom is 0.162 e. The first-order valence-electron chi connectivity index (χ1n) is 13.8. The minimum absolute atomic E-state index is 0.00265. The molecule has 4 heterocycles. The van der Waals surface area contributed by atoms with E-state index in [-0.39, 0.29) is 23.1 Å². The van der Waals surface area contributed by atoms with Gasteiger partial charge in [-0.1, -0.05) is 58.9 Å². The summed E-state index contributed by atoms with van der Waals surface area (Å²) in [6, 6.07) is 10.5. The van der Waals surface area contributed by atoms with E-state index in [0.717, 1.165) is 54.0 Å². The van der Waals surface area contributed by atoms with Crippen molar-refractivity contribution in [3.8, 4) is 0 Å². The molecule has 4 atom stereocenters. The van der Waals surface area contributed by atoms with E-state index in [9.17, 15) is 9.32 Å². The van der Waals surface area contributed by atoms with Crippen molar-refractivity contribution in [1.82, 2.24) is 20.3 Å². The second-order valence-electron chi connectivity index (χ2n) is 11.3. The van der Waals surface area contributed by atoms with E-state index in [1.54, 1.807) is 6.20 Å². The lowest BCUT2D eigenvalue weighted by atomic mass is 9.82. The van der Waals surface area contributed by atoms with Gasteiger partial charge in [-0.25, -0.2) is 15.0 Å². The molecule has 0 radical (unpaired) electrons. The molecule has 0 aliphatic carbocycles. The highest BCUT2D eigenvalue weighted by atomic mass is 32.2. The molecule has 204 valence electrons. The van der Waals surface area contributed by atoms with Gasteiger partial charge in [0.25, 0.3) is 0 Å². The summed E-state index contributed by atoms with van der Waals surface area (Å²) in [6.07, 6.45) is 3.30. The quantitative estimate of drug-likeness (QED) is 0.388. The summed E-state index contributed by atoms with van der Waals surface area (Å²) < 4.78 is 12.7. The van der Waals surface area contributed by atoms with Crippen molar-refractivity contribution in [1.29, 1.82) is 0 Å². The molecule has 3 unspecified atom stereocenters. The number of aliphatic hydroxyl groups is 1. The van der Waals surface area contributed by atoms with Crippen LogP contribution in [0.1, 0.15) is 64.8 Å². The summed E-state index contributed by atoms with van der Waals surface area (Å²) >= 11 is 0. The fraction of sp³-hybridized carbons (Fsp3) is 0.552. The van der Waals surface area contributed by atoms with Crippen molar-refractivity contribution in [3.05, 3.63) is 47.9 Å². The monoisotopic (exact) mass is 536 g/mol. The third-order valence-corrected chi connectivity index (χ3v) is 9.81. The average Bonchev–Trinajstić information content (AvgIpc) is 2.88. The van der Waals surface area contributed by atoms with E-state index in [2.05, 4.69) is 58.6 Å². The van der Waals surface area contributed by atoms with Gasteiger partial charge in [-0.05, 0) is 36.8 Å². The highest BCUT2D eigenvalue weighted by Gasteiger charge is 2.40. The van der Waals surface area contributed by atoms with Crippen LogP contribution in [0.3, 0.4) is 0 Å². The van der Waals surface area contributed by atoms with Gasteiger partial charge in [0.1, 0.15) is 23.1 Å². The Kier molecular flexibility index (Phi) is 7.71. The number of pyridine rings is 1. The van der Waals surface area contributed by atoms with Crippen molar-refractivity contribution >= 4 is 39.0 Å². The first-order valence-corrected chi connectivity index (χ1v) is 15.2. The zero-order valence-corrected chi connectivity index (χ0v) is 23.9. The number of hydrogen-bond donors (Lipinski definition) is 3. The SMILES string of the molecule is CC(C)c1c(Nc2ccnc(C3(O)CCNCC3C)n2)nc(N2CC[C@H]2CS(=O)C(C)C)c2ccccc12. The molecule has 0 bridgehead atoms. The van der Waals surface area contributed by atoms with Crippen LogP contribution in [0, 0.1) is 5.92 Å². The van der Waals surface area contributed by atoms with Crippen LogP contribution in [0.2, 0.25) is 0 Å². The van der Waals surface area contributed by atoms with E-state index < -0.39 is 16.4 Å². The molecule has 2 aliphatic rings. The average molecular weight is 537 g/mol. The molecular weight excluding hydrogens is 496 g/mol. The highest BCUT2D eigenvalue weighted by Crippen LogP contribution is 2.40.